The molecule has 32 heavy (non-hydrogen) atoms. The lowest BCUT2D eigenvalue weighted by Crippen LogP contribution is -2.25. The zero-order chi connectivity index (χ0) is 23.8. The Morgan fingerprint density at radius 2 is 1.47 bits per heavy atom. The summed E-state index contributed by atoms with van der Waals surface area (Å²) in [6.45, 7) is 10.5. The second-order valence-corrected chi connectivity index (χ2v) is 11.4. The molecule has 1 heterocycles. The lowest BCUT2D eigenvalue weighted by Gasteiger charge is -2.18. The van der Waals surface area contributed by atoms with E-state index in [2.05, 4.69) is 13.1 Å². The Hall–Kier alpha value is -2.93. The van der Waals surface area contributed by atoms with Crippen LogP contribution >= 0.6 is 0 Å². The summed E-state index contributed by atoms with van der Waals surface area (Å²) >= 11 is 0. The standard InChI is InChI=1S/C25H31O6Si/c1-25(2,3)24-21(20-16(31-24)12-15(27-4)13-19(20)32(8)9)22(26)14-10-17(28-5)23(30-7)18(11-14)29-6/h10-13H,1-9H3. The third-order valence-electron chi connectivity index (χ3n) is 5.37. The van der Waals surface area contributed by atoms with Crippen molar-refractivity contribution in [3.8, 4) is 23.0 Å². The van der Waals surface area contributed by atoms with Gasteiger partial charge in [-0.3, -0.25) is 4.79 Å². The fraction of sp³-hybridized carbons (Fsp3) is 0.400. The molecule has 3 aromatic rings. The Morgan fingerprint density at radius 1 is 0.875 bits per heavy atom. The fourth-order valence-electron chi connectivity index (χ4n) is 3.82. The van der Waals surface area contributed by atoms with Gasteiger partial charge in [0.15, 0.2) is 17.3 Å². The van der Waals surface area contributed by atoms with Gasteiger partial charge in [0.2, 0.25) is 5.75 Å². The molecule has 0 bridgehead atoms. The minimum atomic E-state index is -0.935. The van der Waals surface area contributed by atoms with Crippen LogP contribution in [0.5, 0.6) is 23.0 Å². The van der Waals surface area contributed by atoms with E-state index in [1.807, 2.05) is 32.9 Å². The van der Waals surface area contributed by atoms with Crippen LogP contribution in [-0.4, -0.2) is 43.0 Å². The summed E-state index contributed by atoms with van der Waals surface area (Å²) in [5.74, 6) is 2.51. The molecule has 0 amide bonds. The predicted octanol–water partition coefficient (Wildman–Crippen LogP) is 4.96. The van der Waals surface area contributed by atoms with E-state index >= 15 is 0 Å². The van der Waals surface area contributed by atoms with Crippen LogP contribution in [0.4, 0.5) is 0 Å². The number of carbonyl (C=O) groups is 1. The number of hydrogen-bond donors (Lipinski definition) is 0. The second-order valence-electron chi connectivity index (χ2n) is 8.85. The van der Waals surface area contributed by atoms with Gasteiger partial charge in [0.25, 0.3) is 0 Å². The largest absolute Gasteiger partial charge is 0.497 e. The van der Waals surface area contributed by atoms with Crippen LogP contribution in [0.1, 0.15) is 42.5 Å². The molecular weight excluding hydrogens is 424 g/mol. The number of furan rings is 1. The highest BCUT2D eigenvalue weighted by Gasteiger charge is 2.32. The normalized spacial score (nSPS) is 11.7. The minimum Gasteiger partial charge on any atom is -0.497 e. The number of carbonyl (C=O) groups excluding carboxylic acids is 1. The first-order valence-corrected chi connectivity index (χ1v) is 12.9. The fourth-order valence-corrected chi connectivity index (χ4v) is 5.00. The van der Waals surface area contributed by atoms with Gasteiger partial charge in [0, 0.05) is 22.4 Å². The van der Waals surface area contributed by atoms with E-state index in [1.165, 1.54) is 21.3 Å². The van der Waals surface area contributed by atoms with Crippen LogP contribution in [-0.2, 0) is 5.41 Å². The molecule has 1 radical (unpaired) electrons. The summed E-state index contributed by atoms with van der Waals surface area (Å²) in [6, 6.07) is 7.24. The predicted molar refractivity (Wildman–Crippen MR) is 128 cm³/mol. The molecule has 0 fully saturated rings. The molecule has 0 atom stereocenters. The summed E-state index contributed by atoms with van der Waals surface area (Å²) in [6.07, 6.45) is 0. The van der Waals surface area contributed by atoms with Gasteiger partial charge >= 0.3 is 0 Å². The average molecular weight is 456 g/mol. The molecule has 0 spiro atoms. The lowest BCUT2D eigenvalue weighted by molar-refractivity contribution is 0.103. The summed E-state index contributed by atoms with van der Waals surface area (Å²) in [5.41, 5.74) is 1.29. The highest BCUT2D eigenvalue weighted by Crippen LogP contribution is 2.41. The van der Waals surface area contributed by atoms with Crippen molar-refractivity contribution in [2.24, 2.45) is 0 Å². The minimum absolute atomic E-state index is 0.150. The van der Waals surface area contributed by atoms with E-state index in [1.54, 1.807) is 19.2 Å². The van der Waals surface area contributed by atoms with Gasteiger partial charge < -0.3 is 23.4 Å². The van der Waals surface area contributed by atoms with Gasteiger partial charge in [-0.15, -0.1) is 0 Å². The van der Waals surface area contributed by atoms with Crippen molar-refractivity contribution in [3.63, 3.8) is 0 Å². The Balaban J connectivity index is 2.38. The quantitative estimate of drug-likeness (QED) is 0.371. The third kappa shape index (κ3) is 4.09. The molecule has 0 N–H and O–H groups in total. The molecule has 7 heteroatoms. The number of rotatable bonds is 7. The molecule has 0 unspecified atom stereocenters. The summed E-state index contributed by atoms with van der Waals surface area (Å²) in [4.78, 5) is 14.0. The summed E-state index contributed by atoms with van der Waals surface area (Å²) < 4.78 is 28.2. The first kappa shape index (κ1) is 23.7. The third-order valence-corrected chi connectivity index (χ3v) is 6.85. The van der Waals surface area contributed by atoms with Gasteiger partial charge in [0.1, 0.15) is 17.1 Å². The monoisotopic (exact) mass is 455 g/mol. The van der Waals surface area contributed by atoms with Crippen molar-refractivity contribution in [1.29, 1.82) is 0 Å². The molecule has 0 saturated carbocycles. The maximum atomic E-state index is 14.0. The SMILES string of the molecule is COc1cc([Si](C)C)c2c(C(=O)c3cc(OC)c(OC)c(OC)c3)c(C(C)(C)C)oc2c1. The van der Waals surface area contributed by atoms with Gasteiger partial charge in [-0.1, -0.05) is 33.9 Å². The number of benzene rings is 2. The molecule has 0 aliphatic rings. The van der Waals surface area contributed by atoms with E-state index < -0.39 is 8.80 Å². The maximum Gasteiger partial charge on any atom is 0.203 e. The van der Waals surface area contributed by atoms with Crippen LogP contribution in [0.3, 0.4) is 0 Å². The van der Waals surface area contributed by atoms with Crippen molar-refractivity contribution < 1.29 is 28.2 Å². The summed E-state index contributed by atoms with van der Waals surface area (Å²) in [5, 5.41) is 1.95. The topological polar surface area (TPSA) is 67.1 Å². The maximum absolute atomic E-state index is 14.0. The molecule has 3 rings (SSSR count). The number of ketones is 1. The van der Waals surface area contributed by atoms with Crippen LogP contribution in [0.15, 0.2) is 28.7 Å². The van der Waals surface area contributed by atoms with Crippen molar-refractivity contribution >= 4 is 30.7 Å². The lowest BCUT2D eigenvalue weighted by atomic mass is 9.87. The van der Waals surface area contributed by atoms with Crippen LogP contribution in [0.2, 0.25) is 13.1 Å². The molecule has 6 nitrogen and oxygen atoms in total. The zero-order valence-electron chi connectivity index (χ0n) is 20.3. The zero-order valence-corrected chi connectivity index (χ0v) is 21.3. The smallest absolute Gasteiger partial charge is 0.203 e. The van der Waals surface area contributed by atoms with Gasteiger partial charge in [0.05, 0.1) is 42.8 Å². The molecule has 171 valence electrons. The Kier molecular flexibility index (Phi) is 6.60. The number of ether oxygens (including phenoxy) is 4. The second kappa shape index (κ2) is 8.90. The first-order chi connectivity index (χ1) is 15.1. The number of hydrogen-bond acceptors (Lipinski definition) is 6. The van der Waals surface area contributed by atoms with E-state index in [0.29, 0.717) is 39.7 Å². The van der Waals surface area contributed by atoms with Crippen molar-refractivity contribution in [2.45, 2.75) is 39.3 Å². The van der Waals surface area contributed by atoms with Gasteiger partial charge in [-0.25, -0.2) is 0 Å². The van der Waals surface area contributed by atoms with E-state index in [-0.39, 0.29) is 11.2 Å². The van der Waals surface area contributed by atoms with E-state index in [0.717, 1.165) is 16.3 Å². The van der Waals surface area contributed by atoms with E-state index in [4.69, 9.17) is 23.4 Å². The first-order valence-electron chi connectivity index (χ1n) is 10.4. The van der Waals surface area contributed by atoms with Crippen LogP contribution < -0.4 is 24.1 Å². The van der Waals surface area contributed by atoms with Gasteiger partial charge in [-0.2, -0.15) is 0 Å². The van der Waals surface area contributed by atoms with Crippen molar-refractivity contribution in [2.75, 3.05) is 28.4 Å². The van der Waals surface area contributed by atoms with Crippen LogP contribution in [0.25, 0.3) is 11.0 Å². The molecular formula is C25H31O6Si. The molecule has 0 aliphatic carbocycles. The number of fused-ring (bicyclic) bond motifs is 1. The van der Waals surface area contributed by atoms with Crippen LogP contribution in [0, 0.1) is 0 Å². The Morgan fingerprint density at radius 3 is 1.91 bits per heavy atom. The molecule has 2 aromatic carbocycles. The highest BCUT2D eigenvalue weighted by atomic mass is 28.3. The summed E-state index contributed by atoms with van der Waals surface area (Å²) in [7, 11) is 5.31. The van der Waals surface area contributed by atoms with E-state index in [9.17, 15) is 4.79 Å². The highest BCUT2D eigenvalue weighted by molar-refractivity contribution is 6.73. The Bertz CT molecular complexity index is 1130. The molecule has 1 aromatic heterocycles. The van der Waals surface area contributed by atoms with Crippen molar-refractivity contribution in [1.82, 2.24) is 0 Å². The van der Waals surface area contributed by atoms with Crippen molar-refractivity contribution in [3.05, 3.63) is 41.2 Å². The average Bonchev–Trinajstić information content (AvgIpc) is 3.16. The number of methoxy groups -OCH3 is 4. The Labute approximate surface area is 191 Å². The molecule has 0 saturated heterocycles. The molecule has 0 aliphatic heterocycles. The van der Waals surface area contributed by atoms with Gasteiger partial charge in [-0.05, 0) is 23.4 Å².